The van der Waals surface area contributed by atoms with Crippen LogP contribution in [0.2, 0.25) is 0 Å². The first-order valence-corrected chi connectivity index (χ1v) is 15.6. The van der Waals surface area contributed by atoms with Crippen LogP contribution in [0, 0.1) is 6.92 Å². The number of aromatic nitrogens is 2. The number of nitrogens with one attached hydrogen (secondary N) is 1. The number of anilines is 2. The Kier molecular flexibility index (Phi) is 9.00. The van der Waals surface area contributed by atoms with Crippen LogP contribution in [-0.2, 0) is 13.2 Å². The number of carbonyl (C=O) groups excluding carboxylic acids is 1. The van der Waals surface area contributed by atoms with Gasteiger partial charge in [0, 0.05) is 72.3 Å². The summed E-state index contributed by atoms with van der Waals surface area (Å²) in [6.07, 6.45) is 0. The van der Waals surface area contributed by atoms with Gasteiger partial charge < -0.3 is 30.2 Å². The van der Waals surface area contributed by atoms with E-state index in [-0.39, 0.29) is 24.0 Å². The Bertz CT molecular complexity index is 2230. The van der Waals surface area contributed by atoms with Crippen LogP contribution < -0.4 is 30.6 Å². The number of rotatable bonds is 9. The molecular formula is C38H37N6O5+. The maximum Gasteiger partial charge on any atom is 0.336 e. The SMILES string of the molecule is Cc1cc(OCc2ccc(CNC(=O)c3ccc(C(=O)O)c(-c4c5ccc(=[N+](C)C)cc-5oc5cc(N(C)C)ccc45)c3)cc2)nc(N)n1. The fraction of sp³-hybridized carbons (Fsp3) is 0.184. The minimum Gasteiger partial charge on any atom is -0.478 e. The van der Waals surface area contributed by atoms with Crippen LogP contribution in [-0.4, -0.2) is 55.1 Å². The summed E-state index contributed by atoms with van der Waals surface area (Å²) in [4.78, 5) is 36.2. The van der Waals surface area contributed by atoms with Crippen LogP contribution in [0.3, 0.4) is 0 Å². The van der Waals surface area contributed by atoms with Crippen molar-refractivity contribution in [2.75, 3.05) is 38.8 Å². The standard InChI is InChI=1S/C38H36N6O5/c1-22-16-34(42-38(39)41-22)48-21-24-8-6-23(7-9-24)20-40-36(45)25-10-13-28(37(46)47)31(17-25)35-29-14-11-26(43(2)3)18-32(29)49-33-19-27(44(4)5)12-15-30(33)35/h6-19H,20-21H2,1-5H3,(H3-,39,40,41,42,45,46,47)/p+1. The molecule has 248 valence electrons. The molecule has 1 amide bonds. The fourth-order valence-electron chi connectivity index (χ4n) is 5.62. The van der Waals surface area contributed by atoms with E-state index in [1.165, 1.54) is 12.1 Å². The van der Waals surface area contributed by atoms with E-state index in [4.69, 9.17) is 14.9 Å². The number of amides is 1. The molecule has 0 spiro atoms. The molecule has 6 rings (SSSR count). The first-order chi connectivity index (χ1) is 23.5. The molecule has 1 aliphatic heterocycles. The first-order valence-electron chi connectivity index (χ1n) is 15.6. The molecule has 11 heteroatoms. The van der Waals surface area contributed by atoms with E-state index in [0.717, 1.165) is 38.8 Å². The zero-order valence-corrected chi connectivity index (χ0v) is 27.9. The molecule has 4 N–H and O–H groups in total. The minimum absolute atomic E-state index is 0.0799. The van der Waals surface area contributed by atoms with Crippen LogP contribution in [0.15, 0.2) is 89.3 Å². The lowest BCUT2D eigenvalue weighted by molar-refractivity contribution is 0.0697. The van der Waals surface area contributed by atoms with Gasteiger partial charge in [-0.3, -0.25) is 4.79 Å². The summed E-state index contributed by atoms with van der Waals surface area (Å²) in [5.41, 5.74) is 12.0. The van der Waals surface area contributed by atoms with Crippen molar-refractivity contribution in [2.24, 2.45) is 0 Å². The number of hydrogen-bond acceptors (Lipinski definition) is 8. The van der Waals surface area contributed by atoms with Gasteiger partial charge in [-0.05, 0) is 60.0 Å². The first kappa shape index (κ1) is 32.7. The van der Waals surface area contributed by atoms with Gasteiger partial charge in [0.2, 0.25) is 17.2 Å². The lowest BCUT2D eigenvalue weighted by atomic mass is 9.89. The number of carbonyl (C=O) groups is 2. The van der Waals surface area contributed by atoms with E-state index < -0.39 is 5.97 Å². The van der Waals surface area contributed by atoms with Crippen molar-refractivity contribution in [1.82, 2.24) is 19.9 Å². The van der Waals surface area contributed by atoms with Gasteiger partial charge in [0.1, 0.15) is 32.0 Å². The average Bonchev–Trinajstić information content (AvgIpc) is 3.07. The summed E-state index contributed by atoms with van der Waals surface area (Å²) in [6, 6.07) is 25.7. The molecule has 0 saturated heterocycles. The molecular weight excluding hydrogens is 620 g/mol. The van der Waals surface area contributed by atoms with Gasteiger partial charge >= 0.3 is 5.97 Å². The van der Waals surface area contributed by atoms with Crippen molar-refractivity contribution < 1.29 is 23.8 Å². The number of carboxylic acids is 1. The second-order valence-corrected chi connectivity index (χ2v) is 12.2. The highest BCUT2D eigenvalue weighted by Crippen LogP contribution is 2.42. The molecule has 4 aromatic rings. The van der Waals surface area contributed by atoms with Crippen molar-refractivity contribution in [3.63, 3.8) is 0 Å². The minimum atomic E-state index is -1.10. The molecule has 0 atom stereocenters. The number of benzene rings is 4. The van der Waals surface area contributed by atoms with Gasteiger partial charge in [-0.15, -0.1) is 0 Å². The summed E-state index contributed by atoms with van der Waals surface area (Å²) < 4.78 is 14.1. The van der Waals surface area contributed by atoms with Gasteiger partial charge in [-0.1, -0.05) is 24.3 Å². The summed E-state index contributed by atoms with van der Waals surface area (Å²) in [6.45, 7) is 2.39. The predicted octanol–water partition coefficient (Wildman–Crippen LogP) is 5.19. The molecule has 2 aliphatic rings. The lowest BCUT2D eigenvalue weighted by Gasteiger charge is -2.19. The molecule has 3 aromatic carbocycles. The Hall–Kier alpha value is -6.23. The number of ether oxygens (including phenoxy) is 1. The quantitative estimate of drug-likeness (QED) is 0.141. The number of fused-ring (bicyclic) bond motifs is 2. The molecule has 0 radical (unpaired) electrons. The molecule has 1 aromatic heterocycles. The third kappa shape index (κ3) is 7.05. The van der Waals surface area contributed by atoms with Crippen molar-refractivity contribution in [1.29, 1.82) is 0 Å². The lowest BCUT2D eigenvalue weighted by Crippen LogP contribution is -2.23. The summed E-state index contributed by atoms with van der Waals surface area (Å²) in [5, 5.41) is 14.9. The van der Waals surface area contributed by atoms with Crippen LogP contribution in [0.1, 0.15) is 37.5 Å². The molecule has 0 fully saturated rings. The van der Waals surface area contributed by atoms with Crippen LogP contribution in [0.5, 0.6) is 5.88 Å². The predicted molar refractivity (Wildman–Crippen MR) is 190 cm³/mol. The van der Waals surface area contributed by atoms with E-state index in [0.29, 0.717) is 40.5 Å². The van der Waals surface area contributed by atoms with Crippen LogP contribution >= 0.6 is 0 Å². The maximum absolute atomic E-state index is 13.5. The highest BCUT2D eigenvalue weighted by Gasteiger charge is 2.24. The molecule has 2 heterocycles. The van der Waals surface area contributed by atoms with Crippen molar-refractivity contribution in [2.45, 2.75) is 20.1 Å². The molecule has 1 aliphatic carbocycles. The van der Waals surface area contributed by atoms with E-state index in [1.54, 1.807) is 12.1 Å². The second-order valence-electron chi connectivity index (χ2n) is 12.2. The Balaban J connectivity index is 1.30. The maximum atomic E-state index is 13.5. The van der Waals surface area contributed by atoms with Crippen molar-refractivity contribution in [3.8, 4) is 28.3 Å². The number of aryl methyl sites for hydroxylation is 1. The zero-order valence-electron chi connectivity index (χ0n) is 27.9. The number of nitrogen functional groups attached to an aromatic ring is 1. The number of nitrogens with zero attached hydrogens (tertiary/aromatic N) is 4. The van der Waals surface area contributed by atoms with Gasteiger partial charge in [0.25, 0.3) is 5.91 Å². The van der Waals surface area contributed by atoms with Crippen LogP contribution in [0.25, 0.3) is 33.4 Å². The van der Waals surface area contributed by atoms with E-state index in [2.05, 4.69) is 15.3 Å². The number of nitrogens with two attached hydrogens (primary N) is 1. The smallest absolute Gasteiger partial charge is 0.336 e. The van der Waals surface area contributed by atoms with Gasteiger partial charge in [-0.2, -0.15) is 4.98 Å². The third-order valence-corrected chi connectivity index (χ3v) is 8.21. The van der Waals surface area contributed by atoms with Crippen molar-refractivity contribution in [3.05, 3.63) is 118 Å². The molecule has 0 saturated carbocycles. The Morgan fingerprint density at radius 1 is 0.918 bits per heavy atom. The van der Waals surface area contributed by atoms with Gasteiger partial charge in [-0.25, -0.2) is 14.4 Å². The normalized spacial score (nSPS) is 11.0. The van der Waals surface area contributed by atoms with E-state index >= 15 is 0 Å². The third-order valence-electron chi connectivity index (χ3n) is 8.21. The average molecular weight is 658 g/mol. The topological polar surface area (TPSA) is 147 Å². The highest BCUT2D eigenvalue weighted by atomic mass is 16.5. The fourth-order valence-corrected chi connectivity index (χ4v) is 5.62. The molecule has 0 bridgehead atoms. The number of carboxylic acid groups (broad SMARTS) is 1. The van der Waals surface area contributed by atoms with Crippen molar-refractivity contribution >= 4 is 34.5 Å². The van der Waals surface area contributed by atoms with Gasteiger partial charge in [0.15, 0.2) is 0 Å². The summed E-state index contributed by atoms with van der Waals surface area (Å²) in [7, 11) is 7.78. The van der Waals surface area contributed by atoms with Crippen LogP contribution in [0.4, 0.5) is 11.6 Å². The monoisotopic (exact) mass is 657 g/mol. The molecule has 49 heavy (non-hydrogen) atoms. The summed E-state index contributed by atoms with van der Waals surface area (Å²) in [5.74, 6) is -0.273. The Morgan fingerprint density at radius 2 is 1.67 bits per heavy atom. The van der Waals surface area contributed by atoms with Gasteiger partial charge in [0.05, 0.1) is 11.6 Å². The van der Waals surface area contributed by atoms with E-state index in [9.17, 15) is 14.7 Å². The zero-order chi connectivity index (χ0) is 34.8. The summed E-state index contributed by atoms with van der Waals surface area (Å²) >= 11 is 0. The number of hydrogen-bond donors (Lipinski definition) is 3. The van der Waals surface area contributed by atoms with E-state index in [1.807, 2.05) is 105 Å². The Labute approximate surface area is 283 Å². The number of aromatic carboxylic acids is 1. The highest BCUT2D eigenvalue weighted by molar-refractivity contribution is 6.09. The second kappa shape index (κ2) is 13.5. The molecule has 11 nitrogen and oxygen atoms in total. The Morgan fingerprint density at radius 3 is 2.37 bits per heavy atom. The largest absolute Gasteiger partial charge is 0.478 e. The molecule has 0 unspecified atom stereocenters.